The summed E-state index contributed by atoms with van der Waals surface area (Å²) in [7, 11) is 0. The Morgan fingerprint density at radius 2 is 1.77 bits per heavy atom. The molecule has 8 heteroatoms. The molecule has 4 aromatic rings. The van der Waals surface area contributed by atoms with Gasteiger partial charge in [0.1, 0.15) is 17.3 Å². The van der Waals surface area contributed by atoms with Crippen LogP contribution in [0, 0.1) is 12.7 Å². The van der Waals surface area contributed by atoms with Gasteiger partial charge >= 0.3 is 0 Å². The van der Waals surface area contributed by atoms with E-state index in [-0.39, 0.29) is 17.4 Å². The molecule has 0 radical (unpaired) electrons. The summed E-state index contributed by atoms with van der Waals surface area (Å²) < 4.78 is 18.9. The second kappa shape index (κ2) is 11.9. The van der Waals surface area contributed by atoms with Gasteiger partial charge in [0, 0.05) is 16.8 Å². The lowest BCUT2D eigenvalue weighted by molar-refractivity contribution is 0.101. The molecule has 1 heterocycles. The van der Waals surface area contributed by atoms with E-state index in [0.717, 1.165) is 16.0 Å². The molecule has 0 unspecified atom stereocenters. The van der Waals surface area contributed by atoms with E-state index in [2.05, 4.69) is 15.3 Å². The molecule has 0 bridgehead atoms. The molecule has 1 amide bonds. The predicted octanol–water partition coefficient (Wildman–Crippen LogP) is 7.02. The standard InChI is InChI=1S/C27H24FN3O2S2/c1-3-33-23-7-5-4-6-22(23)30-26(32)25-24(35-21-14-8-18(2)9-15-21)16-29-27(31-25)34-17-19-10-12-20(28)13-11-19/h4-16H,3,17H2,1-2H3,(H,30,32). The van der Waals surface area contributed by atoms with E-state index in [9.17, 15) is 9.18 Å². The normalized spacial score (nSPS) is 10.7. The lowest BCUT2D eigenvalue weighted by Gasteiger charge is -2.13. The fourth-order valence-corrected chi connectivity index (χ4v) is 4.79. The number of thioether (sulfide) groups is 1. The number of carbonyl (C=O) groups is 1. The van der Waals surface area contributed by atoms with Gasteiger partial charge in [-0.3, -0.25) is 4.79 Å². The van der Waals surface area contributed by atoms with E-state index in [4.69, 9.17) is 4.74 Å². The molecule has 0 fully saturated rings. The Labute approximate surface area is 212 Å². The van der Waals surface area contributed by atoms with Gasteiger partial charge in [0.05, 0.1) is 17.2 Å². The monoisotopic (exact) mass is 505 g/mol. The Morgan fingerprint density at radius 1 is 1.03 bits per heavy atom. The van der Waals surface area contributed by atoms with Crippen LogP contribution in [0.4, 0.5) is 10.1 Å². The summed E-state index contributed by atoms with van der Waals surface area (Å²) in [5, 5.41) is 3.40. The number of ether oxygens (including phenoxy) is 1. The van der Waals surface area contributed by atoms with Crippen molar-refractivity contribution in [2.75, 3.05) is 11.9 Å². The molecule has 0 saturated carbocycles. The van der Waals surface area contributed by atoms with E-state index in [1.807, 2.05) is 56.3 Å². The van der Waals surface area contributed by atoms with Crippen LogP contribution in [-0.4, -0.2) is 22.5 Å². The fourth-order valence-electron chi connectivity index (χ4n) is 3.16. The SMILES string of the molecule is CCOc1ccccc1NC(=O)c1nc(SCc2ccc(F)cc2)ncc1Sc1ccc(C)cc1. The minimum Gasteiger partial charge on any atom is -0.492 e. The first-order chi connectivity index (χ1) is 17.0. The van der Waals surface area contributed by atoms with Crippen molar-refractivity contribution in [3.63, 3.8) is 0 Å². The second-order valence-corrected chi connectivity index (χ2v) is 9.64. The van der Waals surface area contributed by atoms with Gasteiger partial charge in [0.25, 0.3) is 5.91 Å². The van der Waals surface area contributed by atoms with Crippen LogP contribution in [0.15, 0.2) is 93.9 Å². The highest BCUT2D eigenvalue weighted by atomic mass is 32.2. The number of aryl methyl sites for hydroxylation is 1. The van der Waals surface area contributed by atoms with Crippen LogP contribution in [0.5, 0.6) is 5.75 Å². The fraction of sp³-hybridized carbons (Fsp3) is 0.148. The molecule has 35 heavy (non-hydrogen) atoms. The maximum atomic E-state index is 13.4. The maximum absolute atomic E-state index is 13.4. The van der Waals surface area contributed by atoms with Crippen molar-refractivity contribution in [2.45, 2.75) is 34.5 Å². The van der Waals surface area contributed by atoms with Gasteiger partial charge in [-0.05, 0) is 55.8 Å². The molecule has 1 aromatic heterocycles. The number of nitrogens with one attached hydrogen (secondary N) is 1. The number of para-hydroxylation sites is 2. The largest absolute Gasteiger partial charge is 0.492 e. The summed E-state index contributed by atoms with van der Waals surface area (Å²) in [6.45, 7) is 4.41. The summed E-state index contributed by atoms with van der Waals surface area (Å²) in [5.41, 5.74) is 2.95. The van der Waals surface area contributed by atoms with E-state index in [1.54, 1.807) is 24.4 Å². The Hall–Kier alpha value is -3.36. The zero-order valence-corrected chi connectivity index (χ0v) is 21.0. The number of carbonyl (C=O) groups excluding carboxylic acids is 1. The molecule has 0 atom stereocenters. The third kappa shape index (κ3) is 6.83. The molecule has 0 aliphatic carbocycles. The Kier molecular flexibility index (Phi) is 8.39. The van der Waals surface area contributed by atoms with E-state index in [0.29, 0.717) is 33.8 Å². The number of aromatic nitrogens is 2. The number of benzene rings is 3. The van der Waals surface area contributed by atoms with Crippen LogP contribution < -0.4 is 10.1 Å². The number of nitrogens with zero attached hydrogens (tertiary/aromatic N) is 2. The molecule has 3 aromatic carbocycles. The van der Waals surface area contributed by atoms with Crippen LogP contribution in [0.3, 0.4) is 0 Å². The molecule has 0 aliphatic heterocycles. The average Bonchev–Trinajstić information content (AvgIpc) is 2.87. The lowest BCUT2D eigenvalue weighted by atomic mass is 10.2. The van der Waals surface area contributed by atoms with Gasteiger partial charge in [-0.25, -0.2) is 14.4 Å². The lowest BCUT2D eigenvalue weighted by Crippen LogP contribution is -2.16. The first kappa shape index (κ1) is 24.8. The molecular weight excluding hydrogens is 481 g/mol. The van der Waals surface area contributed by atoms with Crippen LogP contribution in [-0.2, 0) is 5.75 Å². The molecule has 0 spiro atoms. The molecule has 4 rings (SSSR count). The van der Waals surface area contributed by atoms with E-state index < -0.39 is 0 Å². The van der Waals surface area contributed by atoms with Crippen LogP contribution >= 0.6 is 23.5 Å². The quantitative estimate of drug-likeness (QED) is 0.195. The Morgan fingerprint density at radius 3 is 2.51 bits per heavy atom. The second-order valence-electron chi connectivity index (χ2n) is 7.58. The van der Waals surface area contributed by atoms with Crippen molar-refractivity contribution in [3.8, 4) is 5.75 Å². The third-order valence-corrected chi connectivity index (χ3v) is 6.87. The number of hydrogen-bond donors (Lipinski definition) is 1. The summed E-state index contributed by atoms with van der Waals surface area (Å²) in [4.78, 5) is 24.1. The number of halogens is 1. The first-order valence-electron chi connectivity index (χ1n) is 11.0. The topological polar surface area (TPSA) is 64.1 Å². The van der Waals surface area contributed by atoms with Crippen LogP contribution in [0.1, 0.15) is 28.5 Å². The van der Waals surface area contributed by atoms with Crippen molar-refractivity contribution in [3.05, 3.63) is 102 Å². The van der Waals surface area contributed by atoms with Crippen molar-refractivity contribution < 1.29 is 13.9 Å². The van der Waals surface area contributed by atoms with Gasteiger partial charge in [0.2, 0.25) is 0 Å². The number of anilines is 1. The molecule has 5 nitrogen and oxygen atoms in total. The van der Waals surface area contributed by atoms with E-state index in [1.165, 1.54) is 35.7 Å². The van der Waals surface area contributed by atoms with Gasteiger partial charge in [0.15, 0.2) is 5.16 Å². The summed E-state index contributed by atoms with van der Waals surface area (Å²) in [5.74, 6) is 0.520. The first-order valence-corrected chi connectivity index (χ1v) is 12.8. The maximum Gasteiger partial charge on any atom is 0.275 e. The predicted molar refractivity (Wildman–Crippen MR) is 139 cm³/mol. The summed E-state index contributed by atoms with van der Waals surface area (Å²) in [6.07, 6.45) is 1.67. The third-order valence-electron chi connectivity index (χ3n) is 4.91. The summed E-state index contributed by atoms with van der Waals surface area (Å²) >= 11 is 2.82. The molecule has 178 valence electrons. The Balaban J connectivity index is 1.61. The zero-order valence-electron chi connectivity index (χ0n) is 19.3. The highest BCUT2D eigenvalue weighted by Gasteiger charge is 2.18. The number of amides is 1. The molecular formula is C27H24FN3O2S2. The van der Waals surface area contributed by atoms with Gasteiger partial charge in [-0.1, -0.05) is 65.5 Å². The highest BCUT2D eigenvalue weighted by Crippen LogP contribution is 2.32. The zero-order chi connectivity index (χ0) is 24.6. The van der Waals surface area contributed by atoms with Crippen molar-refractivity contribution in [1.82, 2.24) is 9.97 Å². The minimum absolute atomic E-state index is 0.276. The summed E-state index contributed by atoms with van der Waals surface area (Å²) in [6, 6.07) is 21.6. The average molecular weight is 506 g/mol. The van der Waals surface area contributed by atoms with Gasteiger partial charge in [-0.2, -0.15) is 0 Å². The van der Waals surface area contributed by atoms with Crippen molar-refractivity contribution in [1.29, 1.82) is 0 Å². The molecule has 1 N–H and O–H groups in total. The number of rotatable bonds is 9. The van der Waals surface area contributed by atoms with Crippen molar-refractivity contribution in [2.24, 2.45) is 0 Å². The Bertz CT molecular complexity index is 1300. The highest BCUT2D eigenvalue weighted by molar-refractivity contribution is 7.99. The minimum atomic E-state index is -0.349. The van der Waals surface area contributed by atoms with Gasteiger partial charge < -0.3 is 10.1 Å². The molecule has 0 saturated heterocycles. The molecule has 0 aliphatic rings. The smallest absolute Gasteiger partial charge is 0.275 e. The van der Waals surface area contributed by atoms with E-state index >= 15 is 0 Å². The van der Waals surface area contributed by atoms with Gasteiger partial charge in [-0.15, -0.1) is 0 Å². The number of hydrogen-bond acceptors (Lipinski definition) is 6. The van der Waals surface area contributed by atoms with Crippen molar-refractivity contribution >= 4 is 35.1 Å². The van der Waals surface area contributed by atoms with Crippen LogP contribution in [0.2, 0.25) is 0 Å². The van der Waals surface area contributed by atoms with Crippen LogP contribution in [0.25, 0.3) is 0 Å².